The molecule has 7 N–H and O–H groups in total. The van der Waals surface area contributed by atoms with Crippen LogP contribution in [0.1, 0.15) is 57.3 Å². The van der Waals surface area contributed by atoms with Crippen molar-refractivity contribution in [1.82, 2.24) is 20.4 Å². The topological polar surface area (TPSA) is 246 Å². The van der Waals surface area contributed by atoms with Crippen molar-refractivity contribution in [2.75, 3.05) is 60.2 Å². The van der Waals surface area contributed by atoms with Gasteiger partial charge < -0.3 is 64.8 Å². The molecule has 3 heterocycles. The van der Waals surface area contributed by atoms with Gasteiger partial charge in [-0.15, -0.1) is 0 Å². The smallest absolute Gasteiger partial charge is 0.410 e. The van der Waals surface area contributed by atoms with Crippen molar-refractivity contribution in [2.24, 2.45) is 0 Å². The molecule has 18 heteroatoms. The molecule has 0 radical (unpaired) electrons. The number of phenolic OH excluding ortho intramolecular Hbond substituents is 1. The minimum absolute atomic E-state index is 0.00379. The Morgan fingerprint density at radius 2 is 1.75 bits per heavy atom. The van der Waals surface area contributed by atoms with E-state index in [0.29, 0.717) is 39.3 Å². The van der Waals surface area contributed by atoms with Crippen molar-refractivity contribution in [3.63, 3.8) is 0 Å². The third-order valence-electron chi connectivity index (χ3n) is 9.69. The largest absolute Gasteiger partial charge is 0.502 e. The van der Waals surface area contributed by atoms with Crippen LogP contribution in [0.2, 0.25) is 0 Å². The van der Waals surface area contributed by atoms with Crippen molar-refractivity contribution in [1.29, 1.82) is 0 Å². The molecule has 3 amide bonds. The van der Waals surface area contributed by atoms with Crippen LogP contribution < -0.4 is 20.1 Å². The summed E-state index contributed by atoms with van der Waals surface area (Å²) in [6.45, 7) is 7.88. The Labute approximate surface area is 301 Å². The number of carbonyl (C=O) groups is 4. The van der Waals surface area contributed by atoms with Crippen molar-refractivity contribution in [3.05, 3.63) is 17.7 Å². The number of amides is 3. The van der Waals surface area contributed by atoms with Crippen LogP contribution in [0.25, 0.3) is 0 Å². The molecule has 3 fully saturated rings. The Balaban J connectivity index is 1.51. The summed E-state index contributed by atoms with van der Waals surface area (Å²) in [4.78, 5) is 54.6. The zero-order chi connectivity index (χ0) is 38.6. The standard InChI is InChI=1S/C34H52N4O14/c1-19(39)36-25-21(40)15-34(30(45)46,8-10-38-11-12-50-18-33(38)7-9-37(17-33)31(47)52-32(2,3)4)51-28(25)26(42)22(41)16-35-29(44)20-13-23(48-5)27(43)24(14-20)49-6/h13-14,21-22,25-26,28,40-43H,7-12,15-18H2,1-6H3,(H,35,44)(H,36,39)(H,45,46)/t21-,22+,25+,26+,28+,33-,34+/m0/s1. The molecule has 292 valence electrons. The molecule has 0 saturated carbocycles. The highest BCUT2D eigenvalue weighted by Gasteiger charge is 2.55. The third-order valence-corrected chi connectivity index (χ3v) is 9.69. The molecule has 0 unspecified atom stereocenters. The van der Waals surface area contributed by atoms with Gasteiger partial charge in [-0.3, -0.25) is 14.5 Å². The lowest BCUT2D eigenvalue weighted by atomic mass is 9.81. The van der Waals surface area contributed by atoms with Gasteiger partial charge in [0.25, 0.3) is 5.91 Å². The summed E-state index contributed by atoms with van der Waals surface area (Å²) in [6.07, 6.45) is -7.34. The first-order chi connectivity index (χ1) is 24.3. The van der Waals surface area contributed by atoms with E-state index in [4.69, 9.17) is 23.7 Å². The number of aliphatic carboxylic acids is 1. The van der Waals surface area contributed by atoms with Crippen LogP contribution in [0, 0.1) is 0 Å². The van der Waals surface area contributed by atoms with Crippen LogP contribution in [-0.4, -0.2) is 167 Å². The van der Waals surface area contributed by atoms with Crippen molar-refractivity contribution >= 4 is 23.9 Å². The Morgan fingerprint density at radius 3 is 2.33 bits per heavy atom. The molecule has 0 aromatic heterocycles. The maximum Gasteiger partial charge on any atom is 0.410 e. The molecule has 1 aromatic carbocycles. The number of ether oxygens (including phenoxy) is 5. The first kappa shape index (κ1) is 40.8. The number of benzene rings is 1. The normalized spacial score (nSPS) is 27.8. The fourth-order valence-corrected chi connectivity index (χ4v) is 6.97. The average molecular weight is 741 g/mol. The maximum absolute atomic E-state index is 13.0. The van der Waals surface area contributed by atoms with Gasteiger partial charge in [0.15, 0.2) is 17.1 Å². The van der Waals surface area contributed by atoms with E-state index in [1.807, 2.05) is 4.90 Å². The second-order valence-corrected chi connectivity index (χ2v) is 14.5. The number of carboxylic acids is 1. The van der Waals surface area contributed by atoms with Crippen LogP contribution in [-0.2, 0) is 23.8 Å². The number of aliphatic hydroxyl groups excluding tert-OH is 3. The summed E-state index contributed by atoms with van der Waals surface area (Å²) >= 11 is 0. The van der Waals surface area contributed by atoms with Gasteiger partial charge in [0.05, 0.1) is 51.2 Å². The van der Waals surface area contributed by atoms with E-state index in [2.05, 4.69) is 10.6 Å². The number of hydrogen-bond acceptors (Lipinski definition) is 14. The molecule has 52 heavy (non-hydrogen) atoms. The maximum atomic E-state index is 13.0. The number of carboxylic acid groups (broad SMARTS) is 1. The molecule has 7 atom stereocenters. The first-order valence-electron chi connectivity index (χ1n) is 17.1. The highest BCUT2D eigenvalue weighted by molar-refractivity contribution is 5.95. The first-order valence-corrected chi connectivity index (χ1v) is 17.1. The SMILES string of the molecule is COc1cc(C(=O)NC[C@@H](O)[C@@H](O)[C@@H]2O[C@@](CCN3CCOC[C@@]34CCN(C(=O)OC(C)(C)C)C4)(C(=O)O)C[C@H](O)[C@H]2NC(C)=O)cc(OC)c1O. The number of phenols is 1. The van der Waals surface area contributed by atoms with E-state index in [9.17, 15) is 44.7 Å². The van der Waals surface area contributed by atoms with Gasteiger partial charge in [-0.2, -0.15) is 0 Å². The summed E-state index contributed by atoms with van der Waals surface area (Å²) in [7, 11) is 2.57. The fourth-order valence-electron chi connectivity index (χ4n) is 6.97. The monoisotopic (exact) mass is 740 g/mol. The van der Waals surface area contributed by atoms with E-state index >= 15 is 0 Å². The lowest BCUT2D eigenvalue weighted by molar-refractivity contribution is -0.231. The Hall–Kier alpha value is -3.94. The molecule has 1 aromatic rings. The number of carbonyl (C=O) groups excluding carboxylic acids is 3. The van der Waals surface area contributed by atoms with Gasteiger partial charge in [0.1, 0.15) is 17.8 Å². The van der Waals surface area contributed by atoms with Crippen LogP contribution in [0.5, 0.6) is 17.2 Å². The summed E-state index contributed by atoms with van der Waals surface area (Å²) in [5.74, 6) is -3.18. The minimum atomic E-state index is -2.06. The Bertz CT molecular complexity index is 1450. The van der Waals surface area contributed by atoms with E-state index in [1.165, 1.54) is 33.3 Å². The number of nitrogens with one attached hydrogen (secondary N) is 2. The molecule has 18 nitrogen and oxygen atoms in total. The highest BCUT2D eigenvalue weighted by atomic mass is 16.6. The Kier molecular flexibility index (Phi) is 12.9. The summed E-state index contributed by atoms with van der Waals surface area (Å²) in [5.41, 5.74) is -3.38. The second-order valence-electron chi connectivity index (χ2n) is 14.5. The zero-order valence-corrected chi connectivity index (χ0v) is 30.4. The van der Waals surface area contributed by atoms with E-state index in [-0.39, 0.29) is 35.8 Å². The number of nitrogens with zero attached hydrogens (tertiary/aromatic N) is 2. The number of hydrogen-bond donors (Lipinski definition) is 7. The summed E-state index contributed by atoms with van der Waals surface area (Å²) in [5, 5.41) is 59.3. The number of aromatic hydroxyl groups is 1. The van der Waals surface area contributed by atoms with Crippen LogP contribution in [0.4, 0.5) is 4.79 Å². The highest BCUT2D eigenvalue weighted by Crippen LogP contribution is 2.39. The average Bonchev–Trinajstić information content (AvgIpc) is 3.50. The lowest BCUT2D eigenvalue weighted by Gasteiger charge is -2.49. The van der Waals surface area contributed by atoms with Gasteiger partial charge in [-0.05, 0) is 39.3 Å². The number of morpholine rings is 1. The number of likely N-dealkylation sites (tertiary alicyclic amines) is 1. The predicted octanol–water partition coefficient (Wildman–Crippen LogP) is -0.559. The third kappa shape index (κ3) is 9.16. The Morgan fingerprint density at radius 1 is 1.10 bits per heavy atom. The quantitative estimate of drug-likeness (QED) is 0.142. The van der Waals surface area contributed by atoms with Crippen molar-refractivity contribution in [2.45, 2.75) is 94.2 Å². The molecular weight excluding hydrogens is 688 g/mol. The number of rotatable bonds is 12. The minimum Gasteiger partial charge on any atom is -0.502 e. The molecule has 1 spiro atoms. The van der Waals surface area contributed by atoms with Crippen molar-refractivity contribution in [3.8, 4) is 17.2 Å². The molecule has 3 saturated heterocycles. The fraction of sp³-hybridized carbons (Fsp3) is 0.706. The van der Waals surface area contributed by atoms with Crippen LogP contribution in [0.15, 0.2) is 12.1 Å². The van der Waals surface area contributed by atoms with Crippen molar-refractivity contribution < 1.29 is 68.4 Å². The predicted molar refractivity (Wildman–Crippen MR) is 181 cm³/mol. The van der Waals surface area contributed by atoms with E-state index < -0.39 is 84.0 Å². The van der Waals surface area contributed by atoms with E-state index in [0.717, 1.165) is 0 Å². The van der Waals surface area contributed by atoms with Gasteiger partial charge >= 0.3 is 12.1 Å². The van der Waals surface area contributed by atoms with Gasteiger partial charge in [0, 0.05) is 58.1 Å². The molecule has 0 bridgehead atoms. The van der Waals surface area contributed by atoms with Gasteiger partial charge in [-0.1, -0.05) is 0 Å². The molecule has 4 rings (SSSR count). The molecule has 3 aliphatic rings. The molecular formula is C34H52N4O14. The van der Waals surface area contributed by atoms with Crippen LogP contribution in [0.3, 0.4) is 0 Å². The second kappa shape index (κ2) is 16.4. The number of aliphatic hydroxyl groups is 3. The zero-order valence-electron chi connectivity index (χ0n) is 30.4. The van der Waals surface area contributed by atoms with Crippen LogP contribution >= 0.6 is 0 Å². The van der Waals surface area contributed by atoms with E-state index in [1.54, 1.807) is 25.7 Å². The van der Waals surface area contributed by atoms with Gasteiger partial charge in [-0.25, -0.2) is 9.59 Å². The molecule has 3 aliphatic heterocycles. The number of methoxy groups -OCH3 is 2. The summed E-state index contributed by atoms with van der Waals surface area (Å²) < 4.78 is 27.6. The van der Waals surface area contributed by atoms with Gasteiger partial charge in [0.2, 0.25) is 11.7 Å². The summed E-state index contributed by atoms with van der Waals surface area (Å²) in [6, 6.07) is 1.16. The lowest BCUT2D eigenvalue weighted by Crippen LogP contribution is -2.68. The molecule has 0 aliphatic carbocycles.